The number of carbonyl (C=O) groups excluding carboxylic acids is 4. The number of azide groups is 2. The van der Waals surface area contributed by atoms with Gasteiger partial charge >= 0.3 is 0 Å². The average Bonchev–Trinajstić information content (AvgIpc) is 3.35. The van der Waals surface area contributed by atoms with Crippen LogP contribution in [-0.2, 0) is 38.1 Å². The maximum Gasteiger partial charge on any atom is 0.267 e. The number of nitrogens with zero attached hydrogens (tertiary/aromatic N) is 8. The van der Waals surface area contributed by atoms with Gasteiger partial charge in [0.05, 0.1) is 52.9 Å². The molecule has 4 rings (SSSR count). The normalized spacial score (nSPS) is 11.1. The largest absolute Gasteiger partial charge is 0.378 e. The first-order chi connectivity index (χ1) is 33.2. The first-order valence-corrected chi connectivity index (χ1v) is 21.0. The van der Waals surface area contributed by atoms with E-state index in [2.05, 4.69) is 51.3 Å². The van der Waals surface area contributed by atoms with Crippen LogP contribution in [0.25, 0.3) is 45.2 Å². The Morgan fingerprint density at radius 2 is 0.926 bits per heavy atom. The zero-order valence-electron chi connectivity index (χ0n) is 37.2. The monoisotopic (exact) mass is 930 g/mol. The number of nitrogens with two attached hydrogens (primary N) is 2. The Morgan fingerprint density at radius 1 is 0.544 bits per heavy atom. The molecule has 0 atom stereocenters. The smallest absolute Gasteiger partial charge is 0.267 e. The molecule has 22 nitrogen and oxygen atoms in total. The summed E-state index contributed by atoms with van der Waals surface area (Å²) in [5.41, 5.74) is 30.9. The van der Waals surface area contributed by atoms with Gasteiger partial charge in [-0.15, -0.1) is 0 Å². The highest BCUT2D eigenvalue weighted by Crippen LogP contribution is 2.15. The van der Waals surface area contributed by atoms with Crippen molar-refractivity contribution in [3.63, 3.8) is 0 Å². The van der Waals surface area contributed by atoms with Gasteiger partial charge in [0.1, 0.15) is 11.4 Å². The first kappa shape index (κ1) is 54.3. The summed E-state index contributed by atoms with van der Waals surface area (Å²) in [5.74, 6) is -2.16. The van der Waals surface area contributed by atoms with E-state index in [1.54, 1.807) is 110 Å². The van der Waals surface area contributed by atoms with E-state index in [1.807, 2.05) is 0 Å². The molecule has 2 aromatic heterocycles. The van der Waals surface area contributed by atoms with E-state index >= 15 is 0 Å². The molecule has 2 heterocycles. The van der Waals surface area contributed by atoms with Crippen molar-refractivity contribution in [1.29, 1.82) is 0 Å². The van der Waals surface area contributed by atoms with E-state index in [1.165, 1.54) is 24.3 Å². The second-order valence-corrected chi connectivity index (χ2v) is 13.4. The summed E-state index contributed by atoms with van der Waals surface area (Å²) in [6.45, 7) is 4.55. The van der Waals surface area contributed by atoms with Crippen molar-refractivity contribution in [3.8, 4) is 0 Å². The highest BCUT2D eigenvalue weighted by atomic mass is 16.5. The molecular formula is C46H54N14O8. The molecule has 2 aromatic carbocycles. The van der Waals surface area contributed by atoms with E-state index in [0.717, 1.165) is 0 Å². The highest BCUT2D eigenvalue weighted by Gasteiger charge is 2.13. The molecule has 0 bridgehead atoms. The van der Waals surface area contributed by atoms with Crippen LogP contribution in [-0.4, -0.2) is 113 Å². The predicted octanol–water partition coefficient (Wildman–Crippen LogP) is 4.60. The fourth-order valence-corrected chi connectivity index (χ4v) is 5.15. The summed E-state index contributed by atoms with van der Waals surface area (Å²) >= 11 is 0. The average molecular weight is 931 g/mol. The van der Waals surface area contributed by atoms with Gasteiger partial charge in [-0.1, -0.05) is 70.9 Å². The topological polar surface area (TPSA) is 329 Å². The summed E-state index contributed by atoms with van der Waals surface area (Å²) in [5, 5.41) is 17.6. The van der Waals surface area contributed by atoms with Crippen LogP contribution in [0.2, 0.25) is 0 Å². The Bertz CT molecular complexity index is 2200. The van der Waals surface area contributed by atoms with Crippen molar-refractivity contribution in [3.05, 3.63) is 164 Å². The van der Waals surface area contributed by atoms with Gasteiger partial charge in [0.15, 0.2) is 0 Å². The molecule has 8 N–H and O–H groups in total. The molecule has 4 amide bonds. The molecule has 0 aliphatic rings. The molecule has 356 valence electrons. The molecule has 22 heteroatoms. The third-order valence-electron chi connectivity index (χ3n) is 8.29. The minimum atomic E-state index is -0.541. The fraction of sp³-hybridized carbons (Fsp3) is 0.261. The van der Waals surface area contributed by atoms with Gasteiger partial charge in [-0.3, -0.25) is 29.1 Å². The van der Waals surface area contributed by atoms with Crippen LogP contribution in [0.3, 0.4) is 0 Å². The lowest BCUT2D eigenvalue weighted by molar-refractivity contribution is -0.121. The van der Waals surface area contributed by atoms with Crippen LogP contribution in [0.5, 0.6) is 0 Å². The number of amides is 4. The van der Waals surface area contributed by atoms with E-state index < -0.39 is 23.6 Å². The van der Waals surface area contributed by atoms with Crippen LogP contribution < -0.4 is 32.7 Å². The minimum absolute atomic E-state index is 0.00331. The van der Waals surface area contributed by atoms with Crippen LogP contribution in [0.4, 0.5) is 11.4 Å². The quantitative estimate of drug-likeness (QED) is 0.0150. The van der Waals surface area contributed by atoms with Crippen molar-refractivity contribution in [2.75, 3.05) is 79.0 Å². The van der Waals surface area contributed by atoms with Crippen molar-refractivity contribution < 1.29 is 38.1 Å². The van der Waals surface area contributed by atoms with Gasteiger partial charge in [-0.25, -0.2) is 0 Å². The third kappa shape index (κ3) is 24.3. The number of carbonyl (C=O) groups is 4. The SMILES string of the molecule is NCCOCCOCCN.[N-]=[N+]=Nc1ccc(/C=C/C(=O)N/C(=C\c2cccnc2)C(=O)NCCOCCOCCNC(=O)/C(=C/c2cccnc2)NC(=O)/C=C/c2ccc(N=[N+]=[N-])cc2)cc1. The number of hydrogen-bond donors (Lipinski definition) is 6. The van der Waals surface area contributed by atoms with Crippen molar-refractivity contribution in [2.24, 2.45) is 21.7 Å². The Kier molecular flexibility index (Phi) is 27.4. The lowest BCUT2D eigenvalue weighted by atomic mass is 10.2. The highest BCUT2D eigenvalue weighted by molar-refractivity contribution is 6.05. The summed E-state index contributed by atoms with van der Waals surface area (Å²) in [6, 6.07) is 20.0. The van der Waals surface area contributed by atoms with Crippen molar-refractivity contribution in [2.45, 2.75) is 0 Å². The van der Waals surface area contributed by atoms with Gasteiger partial charge in [-0.2, -0.15) is 0 Å². The van der Waals surface area contributed by atoms with Crippen LogP contribution >= 0.6 is 0 Å². The summed E-state index contributed by atoms with van der Waals surface area (Å²) < 4.78 is 21.2. The third-order valence-corrected chi connectivity index (χ3v) is 8.29. The number of aromatic nitrogens is 2. The molecule has 0 aliphatic carbocycles. The molecule has 0 spiro atoms. The van der Waals surface area contributed by atoms with Gasteiger partial charge in [-0.05, 0) is 69.8 Å². The molecular weight excluding hydrogens is 877 g/mol. The fourth-order valence-electron chi connectivity index (χ4n) is 5.15. The zero-order chi connectivity index (χ0) is 48.9. The number of rotatable bonds is 28. The molecule has 4 aromatic rings. The number of nitrogens with one attached hydrogen (secondary N) is 4. The summed E-state index contributed by atoms with van der Waals surface area (Å²) in [6.07, 6.45) is 14.9. The molecule has 68 heavy (non-hydrogen) atoms. The van der Waals surface area contributed by atoms with Gasteiger partial charge < -0.3 is 51.7 Å². The predicted molar refractivity (Wildman–Crippen MR) is 257 cm³/mol. The maximum absolute atomic E-state index is 13.0. The molecule has 0 aliphatic heterocycles. The summed E-state index contributed by atoms with van der Waals surface area (Å²) in [7, 11) is 0. The van der Waals surface area contributed by atoms with Crippen LogP contribution in [0.1, 0.15) is 22.3 Å². The van der Waals surface area contributed by atoms with E-state index in [-0.39, 0.29) is 50.9 Å². The molecule has 0 saturated carbocycles. The Hall–Kier alpha value is -8.04. The second-order valence-electron chi connectivity index (χ2n) is 13.4. The number of pyridine rings is 2. The summed E-state index contributed by atoms with van der Waals surface area (Å²) in [4.78, 5) is 65.0. The minimum Gasteiger partial charge on any atom is -0.378 e. The van der Waals surface area contributed by atoms with Crippen molar-refractivity contribution in [1.82, 2.24) is 31.2 Å². The molecule has 0 radical (unpaired) electrons. The zero-order valence-corrected chi connectivity index (χ0v) is 37.2. The Morgan fingerprint density at radius 3 is 1.26 bits per heavy atom. The number of hydrogen-bond acceptors (Lipinski definition) is 14. The van der Waals surface area contributed by atoms with Gasteiger partial charge in [0, 0.05) is 84.3 Å². The van der Waals surface area contributed by atoms with E-state index in [9.17, 15) is 19.2 Å². The lowest BCUT2D eigenvalue weighted by Gasteiger charge is -2.11. The van der Waals surface area contributed by atoms with Crippen LogP contribution in [0.15, 0.2) is 131 Å². The standard InChI is InChI=1S/C40H38N12O6.C6H16N2O2/c41-51-49-33-11-5-29(6-12-33)9-15-37(53)47-35(25-31-3-1-17-43-27-31)39(55)45-19-21-57-23-24-58-22-20-46-40(56)36(26-32-4-2-18-44-28-32)48-38(54)16-10-30-7-13-34(14-8-30)50-52-42;7-1-3-9-5-6-10-4-2-8/h1-18,25-28H,19-24H2,(H,45,55)(H,46,56)(H,47,53)(H,48,54);1-8H2/b15-9+,16-10+,35-25-,36-26-;. The number of ether oxygens (including phenoxy) is 4. The molecule has 0 saturated heterocycles. The molecule has 0 fully saturated rings. The van der Waals surface area contributed by atoms with E-state index in [0.29, 0.717) is 73.1 Å². The van der Waals surface area contributed by atoms with E-state index in [4.69, 9.17) is 41.5 Å². The van der Waals surface area contributed by atoms with Gasteiger partial charge in [0.2, 0.25) is 11.8 Å². The van der Waals surface area contributed by atoms with Crippen LogP contribution in [0, 0.1) is 0 Å². The second kappa shape index (κ2) is 34.3. The lowest BCUT2D eigenvalue weighted by Crippen LogP contribution is -2.36. The maximum atomic E-state index is 13.0. The van der Waals surface area contributed by atoms with Gasteiger partial charge in [0.25, 0.3) is 11.8 Å². The Balaban J connectivity index is 0.00000109. The van der Waals surface area contributed by atoms with Crippen molar-refractivity contribution >= 4 is 59.3 Å². The Labute approximate surface area is 392 Å². The number of benzene rings is 2. The first-order valence-electron chi connectivity index (χ1n) is 21.0. The molecule has 0 unspecified atom stereocenters.